The minimum atomic E-state index is 0.249. The van der Waals surface area contributed by atoms with Crippen LogP contribution in [0.15, 0.2) is 22.7 Å². The summed E-state index contributed by atoms with van der Waals surface area (Å²) in [6, 6.07) is 6.47. The van der Waals surface area contributed by atoms with Crippen LogP contribution in [0, 0.1) is 0 Å². The van der Waals surface area contributed by atoms with Crippen molar-refractivity contribution in [3.05, 3.63) is 35.5 Å². The molecular weight excluding hydrogens is 306 g/mol. The lowest BCUT2D eigenvalue weighted by molar-refractivity contribution is 0.231. The van der Waals surface area contributed by atoms with Crippen LogP contribution in [-0.4, -0.2) is 35.3 Å². The zero-order valence-electron chi connectivity index (χ0n) is 14.8. The summed E-state index contributed by atoms with van der Waals surface area (Å²) >= 11 is 0. The van der Waals surface area contributed by atoms with E-state index in [4.69, 9.17) is 14.0 Å². The molecule has 130 valence electrons. The van der Waals surface area contributed by atoms with Crippen LogP contribution in [0.25, 0.3) is 0 Å². The number of hydrogen-bond donors (Lipinski definition) is 0. The third-order valence-electron chi connectivity index (χ3n) is 4.25. The van der Waals surface area contributed by atoms with E-state index in [1.807, 2.05) is 18.2 Å². The fourth-order valence-electron chi connectivity index (χ4n) is 2.73. The van der Waals surface area contributed by atoms with Crippen LogP contribution < -0.4 is 9.47 Å². The van der Waals surface area contributed by atoms with E-state index >= 15 is 0 Å². The van der Waals surface area contributed by atoms with E-state index in [9.17, 15) is 0 Å². The number of methoxy groups -OCH3 is 2. The molecule has 1 heterocycles. The Balaban J connectivity index is 1.76. The van der Waals surface area contributed by atoms with Gasteiger partial charge in [-0.3, -0.25) is 4.90 Å². The number of nitrogens with zero attached hydrogens (tertiary/aromatic N) is 3. The van der Waals surface area contributed by atoms with Crippen LogP contribution in [0.1, 0.15) is 49.9 Å². The van der Waals surface area contributed by atoms with Crippen LogP contribution in [-0.2, 0) is 13.1 Å². The van der Waals surface area contributed by atoms with E-state index in [-0.39, 0.29) is 5.92 Å². The molecule has 6 nitrogen and oxygen atoms in total. The monoisotopic (exact) mass is 331 g/mol. The van der Waals surface area contributed by atoms with Gasteiger partial charge in [-0.1, -0.05) is 19.0 Å². The third kappa shape index (κ3) is 3.87. The number of ether oxygens (including phenoxy) is 2. The lowest BCUT2D eigenvalue weighted by atomic mass is 10.1. The first-order valence-corrected chi connectivity index (χ1v) is 8.38. The molecule has 1 aliphatic rings. The van der Waals surface area contributed by atoms with E-state index in [1.165, 1.54) is 12.8 Å². The fraction of sp³-hybridized carbons (Fsp3) is 0.556. The zero-order chi connectivity index (χ0) is 17.1. The van der Waals surface area contributed by atoms with E-state index in [1.54, 1.807) is 14.2 Å². The molecule has 24 heavy (non-hydrogen) atoms. The summed E-state index contributed by atoms with van der Waals surface area (Å²) in [5.74, 6) is 3.40. The van der Waals surface area contributed by atoms with Gasteiger partial charge in [0.15, 0.2) is 5.82 Å². The molecule has 0 atom stereocenters. The molecule has 0 radical (unpaired) electrons. The van der Waals surface area contributed by atoms with Gasteiger partial charge in [-0.2, -0.15) is 4.98 Å². The van der Waals surface area contributed by atoms with Crippen molar-refractivity contribution in [1.82, 2.24) is 15.0 Å². The maximum atomic E-state index is 5.50. The van der Waals surface area contributed by atoms with Crippen LogP contribution in [0.4, 0.5) is 0 Å². The van der Waals surface area contributed by atoms with Gasteiger partial charge < -0.3 is 14.0 Å². The Labute approximate surface area is 142 Å². The summed E-state index contributed by atoms with van der Waals surface area (Å²) in [4.78, 5) is 6.88. The number of benzene rings is 1. The smallest absolute Gasteiger partial charge is 0.229 e. The average Bonchev–Trinajstić information content (AvgIpc) is 3.33. The summed E-state index contributed by atoms with van der Waals surface area (Å²) in [6.07, 6.45) is 2.42. The second-order valence-corrected chi connectivity index (χ2v) is 6.52. The standard InChI is InChI=1S/C18H25N3O3/c1-12(2)18-19-17(20-24-18)11-21(14-5-6-14)10-13-9-15(22-3)7-8-16(13)23-4/h7-9,12,14H,5-6,10-11H2,1-4H3. The number of rotatable bonds is 8. The Bertz CT molecular complexity index is 680. The van der Waals surface area contributed by atoms with Crippen molar-refractivity contribution in [3.63, 3.8) is 0 Å². The van der Waals surface area contributed by atoms with Gasteiger partial charge >= 0.3 is 0 Å². The van der Waals surface area contributed by atoms with Crippen molar-refractivity contribution in [2.75, 3.05) is 14.2 Å². The molecule has 1 aliphatic carbocycles. The van der Waals surface area contributed by atoms with E-state index in [0.717, 1.165) is 29.4 Å². The molecule has 0 bridgehead atoms. The van der Waals surface area contributed by atoms with E-state index < -0.39 is 0 Å². The SMILES string of the molecule is COc1ccc(OC)c(CN(Cc2noc(C(C)C)n2)C2CC2)c1. The second-order valence-electron chi connectivity index (χ2n) is 6.52. The van der Waals surface area contributed by atoms with Crippen LogP contribution >= 0.6 is 0 Å². The van der Waals surface area contributed by atoms with Crippen LogP contribution in [0.2, 0.25) is 0 Å². The fourth-order valence-corrected chi connectivity index (χ4v) is 2.73. The predicted molar refractivity (Wildman–Crippen MR) is 90.2 cm³/mol. The second kappa shape index (κ2) is 7.21. The molecule has 0 N–H and O–H groups in total. The van der Waals surface area contributed by atoms with Crippen LogP contribution in [0.5, 0.6) is 11.5 Å². The number of hydrogen-bond acceptors (Lipinski definition) is 6. The molecular formula is C18H25N3O3. The Morgan fingerprint density at radius 3 is 2.58 bits per heavy atom. The Kier molecular flexibility index (Phi) is 5.04. The molecule has 6 heteroatoms. The van der Waals surface area contributed by atoms with Gasteiger partial charge in [-0.05, 0) is 31.0 Å². The molecule has 0 saturated heterocycles. The van der Waals surface area contributed by atoms with Gasteiger partial charge in [-0.15, -0.1) is 0 Å². The van der Waals surface area contributed by atoms with Crippen molar-refractivity contribution in [2.24, 2.45) is 0 Å². The van der Waals surface area contributed by atoms with Gasteiger partial charge in [0, 0.05) is 24.1 Å². The first-order valence-electron chi connectivity index (χ1n) is 8.38. The van der Waals surface area contributed by atoms with Gasteiger partial charge in [0.25, 0.3) is 0 Å². The highest BCUT2D eigenvalue weighted by molar-refractivity contribution is 5.40. The van der Waals surface area contributed by atoms with E-state index in [2.05, 4.69) is 28.9 Å². The molecule has 2 aromatic rings. The first kappa shape index (κ1) is 16.8. The highest BCUT2D eigenvalue weighted by atomic mass is 16.5. The lowest BCUT2D eigenvalue weighted by Gasteiger charge is -2.22. The van der Waals surface area contributed by atoms with E-state index in [0.29, 0.717) is 18.5 Å². The first-order chi connectivity index (χ1) is 11.6. The summed E-state index contributed by atoms with van der Waals surface area (Å²) in [5.41, 5.74) is 1.11. The largest absolute Gasteiger partial charge is 0.497 e. The van der Waals surface area contributed by atoms with Crippen LogP contribution in [0.3, 0.4) is 0 Å². The summed E-state index contributed by atoms with van der Waals surface area (Å²) in [5, 5.41) is 4.12. The zero-order valence-corrected chi connectivity index (χ0v) is 14.8. The van der Waals surface area contributed by atoms with Gasteiger partial charge in [0.05, 0.1) is 20.8 Å². The van der Waals surface area contributed by atoms with Crippen molar-refractivity contribution in [1.29, 1.82) is 0 Å². The summed E-state index contributed by atoms with van der Waals surface area (Å²) < 4.78 is 16.2. The molecule has 0 spiro atoms. The lowest BCUT2D eigenvalue weighted by Crippen LogP contribution is -2.26. The minimum absolute atomic E-state index is 0.249. The summed E-state index contributed by atoms with van der Waals surface area (Å²) in [7, 11) is 3.37. The number of aromatic nitrogens is 2. The van der Waals surface area contributed by atoms with Gasteiger partial charge in [-0.25, -0.2) is 0 Å². The molecule has 1 saturated carbocycles. The maximum absolute atomic E-state index is 5.50. The van der Waals surface area contributed by atoms with Crippen molar-refractivity contribution in [2.45, 2.75) is 51.7 Å². The average molecular weight is 331 g/mol. The topological polar surface area (TPSA) is 60.6 Å². The molecule has 0 unspecified atom stereocenters. The molecule has 0 aliphatic heterocycles. The Morgan fingerprint density at radius 2 is 2.00 bits per heavy atom. The van der Waals surface area contributed by atoms with Crippen molar-refractivity contribution < 1.29 is 14.0 Å². The molecule has 3 rings (SSSR count). The van der Waals surface area contributed by atoms with Crippen molar-refractivity contribution in [3.8, 4) is 11.5 Å². The van der Waals surface area contributed by atoms with Gasteiger partial charge in [0.2, 0.25) is 5.89 Å². The minimum Gasteiger partial charge on any atom is -0.497 e. The van der Waals surface area contributed by atoms with Crippen molar-refractivity contribution >= 4 is 0 Å². The molecule has 1 aromatic heterocycles. The molecule has 0 amide bonds. The molecule has 1 aromatic carbocycles. The predicted octanol–water partition coefficient (Wildman–Crippen LogP) is 3.37. The Hall–Kier alpha value is -2.08. The quantitative estimate of drug-likeness (QED) is 0.739. The highest BCUT2D eigenvalue weighted by Gasteiger charge is 2.31. The molecule has 1 fully saturated rings. The third-order valence-corrected chi connectivity index (χ3v) is 4.25. The summed E-state index contributed by atoms with van der Waals surface area (Å²) in [6.45, 7) is 5.56. The normalized spacial score (nSPS) is 14.4. The Morgan fingerprint density at radius 1 is 1.21 bits per heavy atom. The van der Waals surface area contributed by atoms with Gasteiger partial charge in [0.1, 0.15) is 11.5 Å². The highest BCUT2D eigenvalue weighted by Crippen LogP contribution is 2.32. The maximum Gasteiger partial charge on any atom is 0.229 e.